The molecule has 3 heterocycles. The van der Waals surface area contributed by atoms with E-state index in [0.717, 1.165) is 0 Å². The molecule has 0 aliphatic rings. The third-order valence-corrected chi connectivity index (χ3v) is 3.25. The summed E-state index contributed by atoms with van der Waals surface area (Å²) in [6.45, 7) is 0. The molecule has 0 radical (unpaired) electrons. The van der Waals surface area contributed by atoms with Gasteiger partial charge in [-0.25, -0.2) is 0 Å². The molecule has 0 N–H and O–H groups in total. The molecule has 0 aromatic carbocycles. The number of alkyl halides is 9. The first-order chi connectivity index (χ1) is 14.2. The van der Waals surface area contributed by atoms with Crippen LogP contribution in [-0.4, -0.2) is 29.3 Å². The summed E-state index contributed by atoms with van der Waals surface area (Å²) in [5, 5.41) is 9.44. The van der Waals surface area contributed by atoms with Crippen molar-refractivity contribution in [3.63, 3.8) is 0 Å². The van der Waals surface area contributed by atoms with Crippen LogP contribution in [0.4, 0.5) is 39.5 Å². The van der Waals surface area contributed by atoms with E-state index in [1.165, 1.54) is 0 Å². The van der Waals surface area contributed by atoms with Crippen LogP contribution in [-0.2, 0) is 31.7 Å². The third kappa shape index (κ3) is 6.24. The Kier molecular flexibility index (Phi) is 7.51. The van der Waals surface area contributed by atoms with Gasteiger partial charge >= 0.3 is 51.9 Å². The molecule has 0 bridgehead atoms. The van der Waals surface area contributed by atoms with Gasteiger partial charge in [-0.2, -0.15) is 54.8 Å². The Labute approximate surface area is 181 Å². The van der Waals surface area contributed by atoms with Gasteiger partial charge in [-0.1, -0.05) is 18.2 Å². The number of rotatable bonds is 3. The molecule has 0 spiro atoms. The van der Waals surface area contributed by atoms with Crippen LogP contribution in [0.2, 0.25) is 0 Å². The fraction of sp³-hybridized carbons (Fsp3) is 0.231. The maximum absolute atomic E-state index is 12.8. The average Bonchev–Trinajstić information content (AvgIpc) is 3.35. The summed E-state index contributed by atoms with van der Waals surface area (Å²) in [4.78, 5) is 0. The second-order valence-electron chi connectivity index (χ2n) is 5.28. The van der Waals surface area contributed by atoms with Crippen LogP contribution >= 0.6 is 20.2 Å². The van der Waals surface area contributed by atoms with E-state index in [0.29, 0.717) is 50.8 Å². The Balaban J connectivity index is 0.00000107. The summed E-state index contributed by atoms with van der Waals surface area (Å²) in [6.07, 6.45) is -13.3. The van der Waals surface area contributed by atoms with Gasteiger partial charge in [0.1, 0.15) is 0 Å². The van der Waals surface area contributed by atoms with Gasteiger partial charge in [0.25, 0.3) is 0 Å². The Morgan fingerprint density at radius 2 is 0.839 bits per heavy atom. The van der Waals surface area contributed by atoms with Crippen LogP contribution in [0.15, 0.2) is 36.8 Å². The van der Waals surface area contributed by atoms with Gasteiger partial charge in [-0.05, 0) is 18.6 Å². The van der Waals surface area contributed by atoms with Crippen molar-refractivity contribution < 1.29 is 52.6 Å². The predicted molar refractivity (Wildman–Crippen MR) is 82.8 cm³/mol. The summed E-state index contributed by atoms with van der Waals surface area (Å²) < 4.78 is 116. The molecule has 0 saturated heterocycles. The molecule has 0 atom stereocenters. The van der Waals surface area contributed by atoms with Crippen molar-refractivity contribution in [3.8, 4) is 0 Å². The van der Waals surface area contributed by atoms with Gasteiger partial charge in [0, 0.05) is 0 Å². The van der Waals surface area contributed by atoms with Crippen molar-refractivity contribution in [1.82, 2.24) is 29.3 Å². The van der Waals surface area contributed by atoms with Crippen molar-refractivity contribution >= 4 is 20.2 Å². The Morgan fingerprint density at radius 1 is 0.613 bits per heavy atom. The summed E-state index contributed by atoms with van der Waals surface area (Å²) >= 11 is 0.00694. The fourth-order valence-electron chi connectivity index (χ4n) is 2.07. The average molecular weight is 543 g/mol. The molecule has 3 aromatic heterocycles. The molecule has 0 amide bonds. The van der Waals surface area contributed by atoms with Crippen LogP contribution in [0, 0.1) is 6.29 Å². The van der Waals surface area contributed by atoms with E-state index < -0.39 is 41.9 Å². The Bertz CT molecular complexity index is 866. The van der Waals surface area contributed by atoms with Crippen LogP contribution in [0.3, 0.4) is 0 Å². The van der Waals surface area contributed by atoms with Crippen LogP contribution in [0.25, 0.3) is 0 Å². The summed E-state index contributed by atoms with van der Waals surface area (Å²) in [7, 11) is 9.59. The van der Waals surface area contributed by atoms with E-state index in [1.54, 1.807) is 0 Å². The Hall–Kier alpha value is -2.03. The topological polar surface area (TPSA) is 53.5 Å². The normalized spacial score (nSPS) is 12.5. The minimum absolute atomic E-state index is 0.00694. The molecule has 0 fully saturated rings. The molecule has 6 nitrogen and oxygen atoms in total. The number of nitrogens with zero attached hydrogens (tertiary/aromatic N) is 6. The predicted octanol–water partition coefficient (Wildman–Crippen LogP) is 5.10. The molecule has 0 aliphatic carbocycles. The molecular formula is C13H6Cl2F9MnN6-. The summed E-state index contributed by atoms with van der Waals surface area (Å²) in [6, 6.07) is 1.47. The second-order valence-corrected chi connectivity index (χ2v) is 7.23. The molecule has 0 saturated carbocycles. The molecule has 18 heteroatoms. The first-order valence-electron chi connectivity index (χ1n) is 7.32. The van der Waals surface area contributed by atoms with E-state index in [4.69, 9.17) is 20.2 Å². The van der Waals surface area contributed by atoms with Gasteiger partial charge in [-0.15, -0.1) is 0 Å². The van der Waals surface area contributed by atoms with Gasteiger partial charge < -0.3 is 0 Å². The quantitative estimate of drug-likeness (QED) is 0.263. The summed E-state index contributed by atoms with van der Waals surface area (Å²) in [5.74, 6) is 0. The van der Waals surface area contributed by atoms with E-state index in [9.17, 15) is 39.5 Å². The zero-order chi connectivity index (χ0) is 23.6. The van der Waals surface area contributed by atoms with Crippen molar-refractivity contribution in [3.05, 3.63) is 60.2 Å². The summed E-state index contributed by atoms with van der Waals surface area (Å²) in [5.41, 5.74) is -4.26. The molecule has 3 aromatic rings. The number of hydrogen-bond acceptors (Lipinski definition) is 3. The molecular weight excluding hydrogens is 537 g/mol. The monoisotopic (exact) mass is 542 g/mol. The third-order valence-electron chi connectivity index (χ3n) is 3.25. The fourth-order valence-corrected chi connectivity index (χ4v) is 2.07. The number of aromatic nitrogens is 6. The molecule has 31 heavy (non-hydrogen) atoms. The first kappa shape index (κ1) is 25.2. The molecule has 0 aliphatic heterocycles. The zero-order valence-electron chi connectivity index (χ0n) is 14.2. The Morgan fingerprint density at radius 3 is 1.00 bits per heavy atom. The van der Waals surface area contributed by atoms with Crippen LogP contribution < -0.4 is 0 Å². The minimum atomic E-state index is -4.89. The SMILES string of the molecule is FC(F)(F)c1ccn([C-](n2ccc(C(F)(F)F)n2)n2ccc(C(F)(F)F)n2)n1.[Cl][Mn][Cl]. The van der Waals surface area contributed by atoms with Crippen molar-refractivity contribution in [1.29, 1.82) is 0 Å². The van der Waals surface area contributed by atoms with E-state index in [2.05, 4.69) is 15.3 Å². The standard InChI is InChI=1S/C13H6F9N6.2ClH.Mn/c14-11(15,16)7-1-4-26(23-7)10(27-5-2-8(24-27)12(17,18)19)28-6-3-9(25-28)13(20,21)22;;;/h1-6H;2*1H;/q-1;;;+2/p-2. The van der Waals surface area contributed by atoms with Gasteiger partial charge in [-0.3, -0.25) is 14.0 Å². The van der Waals surface area contributed by atoms with Crippen LogP contribution in [0.1, 0.15) is 17.1 Å². The molecule has 0 unspecified atom stereocenters. The zero-order valence-corrected chi connectivity index (χ0v) is 16.9. The van der Waals surface area contributed by atoms with Gasteiger partial charge in [0.2, 0.25) is 0 Å². The van der Waals surface area contributed by atoms with Crippen LogP contribution in [0.5, 0.6) is 0 Å². The number of hydrogen-bond donors (Lipinski definition) is 0. The van der Waals surface area contributed by atoms with E-state index in [-0.39, 0.29) is 13.1 Å². The molecule has 3 rings (SSSR count). The molecule has 173 valence electrons. The van der Waals surface area contributed by atoms with Crippen molar-refractivity contribution in [2.45, 2.75) is 18.5 Å². The van der Waals surface area contributed by atoms with E-state index >= 15 is 0 Å². The second kappa shape index (κ2) is 9.22. The van der Waals surface area contributed by atoms with Crippen molar-refractivity contribution in [2.75, 3.05) is 0 Å². The number of halogens is 11. The van der Waals surface area contributed by atoms with Gasteiger partial charge in [0.15, 0.2) is 23.4 Å². The van der Waals surface area contributed by atoms with Crippen molar-refractivity contribution in [2.24, 2.45) is 0 Å². The first-order valence-corrected chi connectivity index (χ1v) is 10.6. The van der Waals surface area contributed by atoms with E-state index in [1.807, 2.05) is 0 Å². The van der Waals surface area contributed by atoms with Gasteiger partial charge in [0.05, 0.1) is 0 Å². The maximum atomic E-state index is 12.8.